The van der Waals surface area contributed by atoms with E-state index >= 15 is 0 Å². The van der Waals surface area contributed by atoms with Crippen molar-refractivity contribution >= 4 is 10.0 Å². The molecule has 0 radical (unpaired) electrons. The second-order valence-corrected chi connectivity index (χ2v) is 7.21. The minimum Gasteiger partial charge on any atom is -0.330 e. The zero-order chi connectivity index (χ0) is 13.4. The topological polar surface area (TPSA) is 81.2 Å². The summed E-state index contributed by atoms with van der Waals surface area (Å²) in [5.74, 6) is 0. The van der Waals surface area contributed by atoms with Crippen molar-refractivity contribution in [1.29, 1.82) is 0 Å². The van der Waals surface area contributed by atoms with E-state index < -0.39 is 10.0 Å². The zero-order valence-corrected chi connectivity index (χ0v) is 11.7. The van der Waals surface area contributed by atoms with E-state index in [-0.39, 0.29) is 10.3 Å². The molecule has 1 fully saturated rings. The number of sulfonamides is 1. The predicted molar refractivity (Wildman–Crippen MR) is 68.4 cm³/mol. The zero-order valence-electron chi connectivity index (χ0n) is 10.8. The highest BCUT2D eigenvalue weighted by atomic mass is 32.2. The number of nitrogens with zero attached hydrogens (tertiary/aromatic N) is 3. The first-order valence-electron chi connectivity index (χ1n) is 6.06. The number of hydrogen-bond donors (Lipinski definition) is 1. The maximum absolute atomic E-state index is 12.3. The molecule has 6 nitrogen and oxygen atoms in total. The third-order valence-corrected chi connectivity index (χ3v) is 5.59. The summed E-state index contributed by atoms with van der Waals surface area (Å²) < 4.78 is 27.7. The number of rotatable bonds is 3. The second kappa shape index (κ2) is 4.64. The highest BCUT2D eigenvalue weighted by Crippen LogP contribution is 2.31. The van der Waals surface area contributed by atoms with Crippen LogP contribution in [-0.2, 0) is 17.1 Å². The van der Waals surface area contributed by atoms with Crippen molar-refractivity contribution in [2.24, 2.45) is 18.2 Å². The number of aryl methyl sites for hydroxylation is 1. The van der Waals surface area contributed by atoms with Crippen molar-refractivity contribution in [3.05, 3.63) is 12.4 Å². The van der Waals surface area contributed by atoms with E-state index in [2.05, 4.69) is 12.0 Å². The van der Waals surface area contributed by atoms with Gasteiger partial charge in [-0.15, -0.1) is 0 Å². The summed E-state index contributed by atoms with van der Waals surface area (Å²) in [5.41, 5.74) is 5.80. The van der Waals surface area contributed by atoms with E-state index in [1.165, 1.54) is 21.4 Å². The molecule has 1 aromatic heterocycles. The molecule has 1 saturated heterocycles. The molecule has 0 spiro atoms. The van der Waals surface area contributed by atoms with Crippen LogP contribution in [0.2, 0.25) is 0 Å². The van der Waals surface area contributed by atoms with E-state index in [9.17, 15) is 8.42 Å². The smallest absolute Gasteiger partial charge is 0.246 e. The van der Waals surface area contributed by atoms with Gasteiger partial charge in [-0.3, -0.25) is 4.68 Å². The lowest BCUT2D eigenvalue weighted by molar-refractivity contribution is 0.183. The van der Waals surface area contributed by atoms with Gasteiger partial charge in [0, 0.05) is 26.3 Å². The van der Waals surface area contributed by atoms with Crippen LogP contribution in [0.25, 0.3) is 0 Å². The summed E-state index contributed by atoms with van der Waals surface area (Å²) in [7, 11) is -1.68. The van der Waals surface area contributed by atoms with Crippen molar-refractivity contribution in [3.63, 3.8) is 0 Å². The Morgan fingerprint density at radius 2 is 2.06 bits per heavy atom. The van der Waals surface area contributed by atoms with Crippen LogP contribution in [0.15, 0.2) is 17.3 Å². The monoisotopic (exact) mass is 272 g/mol. The fourth-order valence-corrected chi connectivity index (χ4v) is 3.58. The molecule has 102 valence electrons. The first-order valence-corrected chi connectivity index (χ1v) is 7.50. The van der Waals surface area contributed by atoms with E-state index in [1.807, 2.05) is 0 Å². The maximum atomic E-state index is 12.3. The van der Waals surface area contributed by atoms with Crippen molar-refractivity contribution in [2.75, 3.05) is 19.6 Å². The van der Waals surface area contributed by atoms with Crippen LogP contribution >= 0.6 is 0 Å². The Balaban J connectivity index is 2.14. The van der Waals surface area contributed by atoms with Gasteiger partial charge < -0.3 is 5.73 Å². The fraction of sp³-hybridized carbons (Fsp3) is 0.727. The van der Waals surface area contributed by atoms with Gasteiger partial charge in [-0.1, -0.05) is 6.92 Å². The van der Waals surface area contributed by atoms with Gasteiger partial charge in [-0.2, -0.15) is 9.40 Å². The SMILES string of the molecule is Cn1cc(S(=O)(=O)N2CCC(C)(CN)CC2)cn1. The van der Waals surface area contributed by atoms with Crippen molar-refractivity contribution in [3.8, 4) is 0 Å². The number of piperidine rings is 1. The molecule has 0 amide bonds. The Kier molecular flexibility index (Phi) is 3.48. The standard InChI is InChI=1S/C11H20N4O2S/c1-11(9-12)3-5-15(6-4-11)18(16,17)10-7-13-14(2)8-10/h7-8H,3-6,9,12H2,1-2H3. The number of hydrogen-bond acceptors (Lipinski definition) is 4. The molecular weight excluding hydrogens is 252 g/mol. The summed E-state index contributed by atoms with van der Waals surface area (Å²) in [5, 5.41) is 3.91. The summed E-state index contributed by atoms with van der Waals surface area (Å²) in [6, 6.07) is 0. The van der Waals surface area contributed by atoms with Crippen LogP contribution in [0.1, 0.15) is 19.8 Å². The highest BCUT2D eigenvalue weighted by molar-refractivity contribution is 7.89. The molecule has 18 heavy (non-hydrogen) atoms. The van der Waals surface area contributed by atoms with E-state index in [4.69, 9.17) is 5.73 Å². The highest BCUT2D eigenvalue weighted by Gasteiger charge is 2.34. The molecule has 2 N–H and O–H groups in total. The largest absolute Gasteiger partial charge is 0.330 e. The van der Waals surface area contributed by atoms with Crippen LogP contribution in [0.5, 0.6) is 0 Å². The van der Waals surface area contributed by atoms with Gasteiger partial charge in [0.05, 0.1) is 6.20 Å². The third-order valence-electron chi connectivity index (χ3n) is 3.74. The molecule has 0 saturated carbocycles. The van der Waals surface area contributed by atoms with Gasteiger partial charge in [-0.25, -0.2) is 8.42 Å². The van der Waals surface area contributed by atoms with Crippen molar-refractivity contribution in [2.45, 2.75) is 24.7 Å². The van der Waals surface area contributed by atoms with Gasteiger partial charge in [0.15, 0.2) is 0 Å². The minimum absolute atomic E-state index is 0.0704. The molecule has 0 aliphatic carbocycles. The molecule has 0 bridgehead atoms. The van der Waals surface area contributed by atoms with Gasteiger partial charge in [0.25, 0.3) is 0 Å². The maximum Gasteiger partial charge on any atom is 0.246 e. The Morgan fingerprint density at radius 3 is 2.50 bits per heavy atom. The molecule has 0 aromatic carbocycles. The van der Waals surface area contributed by atoms with Gasteiger partial charge in [0.2, 0.25) is 10.0 Å². The Labute approximate surface area is 108 Å². The molecule has 1 aromatic rings. The molecule has 2 rings (SSSR count). The van der Waals surface area contributed by atoms with Crippen LogP contribution < -0.4 is 5.73 Å². The van der Waals surface area contributed by atoms with Crippen molar-refractivity contribution in [1.82, 2.24) is 14.1 Å². The van der Waals surface area contributed by atoms with Crippen LogP contribution in [0.3, 0.4) is 0 Å². The first-order chi connectivity index (χ1) is 8.37. The third kappa shape index (κ3) is 2.43. The summed E-state index contributed by atoms with van der Waals surface area (Å²) in [4.78, 5) is 0.265. The minimum atomic E-state index is -3.39. The van der Waals surface area contributed by atoms with Crippen LogP contribution in [0.4, 0.5) is 0 Å². The lowest BCUT2D eigenvalue weighted by Gasteiger charge is -2.37. The average Bonchev–Trinajstić information content (AvgIpc) is 2.77. The molecule has 1 aliphatic rings. The Morgan fingerprint density at radius 1 is 1.44 bits per heavy atom. The molecule has 2 heterocycles. The van der Waals surface area contributed by atoms with Gasteiger partial charge in [0.1, 0.15) is 4.90 Å². The fourth-order valence-electron chi connectivity index (χ4n) is 2.15. The normalized spacial score (nSPS) is 21.1. The quantitative estimate of drug-likeness (QED) is 0.850. The lowest BCUT2D eigenvalue weighted by atomic mass is 9.81. The summed E-state index contributed by atoms with van der Waals surface area (Å²) in [6.07, 6.45) is 4.55. The first kappa shape index (κ1) is 13.5. The number of nitrogens with two attached hydrogens (primary N) is 1. The molecule has 0 unspecified atom stereocenters. The van der Waals surface area contributed by atoms with E-state index in [0.717, 1.165) is 12.8 Å². The molecule has 0 atom stereocenters. The Hall–Kier alpha value is -0.920. The lowest BCUT2D eigenvalue weighted by Crippen LogP contribution is -2.44. The van der Waals surface area contributed by atoms with E-state index in [1.54, 1.807) is 7.05 Å². The van der Waals surface area contributed by atoms with Crippen LogP contribution in [-0.4, -0.2) is 42.1 Å². The average molecular weight is 272 g/mol. The second-order valence-electron chi connectivity index (χ2n) is 5.27. The molecule has 7 heteroatoms. The van der Waals surface area contributed by atoms with Crippen LogP contribution in [0, 0.1) is 5.41 Å². The molecule has 1 aliphatic heterocycles. The predicted octanol–water partition coefficient (Wildman–Crippen LogP) is 0.170. The van der Waals surface area contributed by atoms with Gasteiger partial charge in [-0.05, 0) is 24.8 Å². The summed E-state index contributed by atoms with van der Waals surface area (Å²) in [6.45, 7) is 3.78. The number of aromatic nitrogens is 2. The van der Waals surface area contributed by atoms with Gasteiger partial charge >= 0.3 is 0 Å². The van der Waals surface area contributed by atoms with Crippen molar-refractivity contribution < 1.29 is 8.42 Å². The Bertz CT molecular complexity index is 515. The molecular formula is C11H20N4O2S. The van der Waals surface area contributed by atoms with E-state index in [0.29, 0.717) is 19.6 Å². The summed E-state index contributed by atoms with van der Waals surface area (Å²) >= 11 is 0.